The Hall–Kier alpha value is -1.29. The van der Waals surface area contributed by atoms with Gasteiger partial charge in [0.05, 0.1) is 4.92 Å². The van der Waals surface area contributed by atoms with Crippen molar-refractivity contribution in [2.45, 2.75) is 13.3 Å². The standard InChI is InChI=1S/C8H8ClNO3/c1-2-5-6(9)3-4-7(8(5)11)10(12)13/h3-4,11H,2H2,1H3. The average Bonchev–Trinajstić information content (AvgIpc) is 2.04. The van der Waals surface area contributed by atoms with Gasteiger partial charge in [-0.3, -0.25) is 10.1 Å². The summed E-state index contributed by atoms with van der Waals surface area (Å²) in [5.41, 5.74) is 0.108. The minimum absolute atomic E-state index is 0.304. The monoisotopic (exact) mass is 201 g/mol. The van der Waals surface area contributed by atoms with Gasteiger partial charge in [0.2, 0.25) is 0 Å². The lowest BCUT2D eigenvalue weighted by molar-refractivity contribution is -0.385. The normalized spacial score (nSPS) is 10.0. The van der Waals surface area contributed by atoms with Gasteiger partial charge in [-0.15, -0.1) is 0 Å². The number of nitro groups is 1. The van der Waals surface area contributed by atoms with Crippen molar-refractivity contribution in [3.63, 3.8) is 0 Å². The van der Waals surface area contributed by atoms with Gasteiger partial charge in [0.15, 0.2) is 5.75 Å². The van der Waals surface area contributed by atoms with E-state index in [-0.39, 0.29) is 11.4 Å². The average molecular weight is 202 g/mol. The van der Waals surface area contributed by atoms with E-state index in [1.54, 1.807) is 6.92 Å². The van der Waals surface area contributed by atoms with E-state index in [0.29, 0.717) is 17.0 Å². The first-order valence-electron chi connectivity index (χ1n) is 3.72. The van der Waals surface area contributed by atoms with E-state index in [9.17, 15) is 15.2 Å². The van der Waals surface area contributed by atoms with Gasteiger partial charge in [0.1, 0.15) is 0 Å². The lowest BCUT2D eigenvalue weighted by Gasteiger charge is -2.03. The maximum atomic E-state index is 10.4. The summed E-state index contributed by atoms with van der Waals surface area (Å²) in [4.78, 5) is 9.77. The van der Waals surface area contributed by atoms with Crippen molar-refractivity contribution >= 4 is 17.3 Å². The molecule has 5 heteroatoms. The largest absolute Gasteiger partial charge is 0.502 e. The number of phenols is 1. The SMILES string of the molecule is CCc1c(Cl)ccc([N+](=O)[O-])c1O. The molecule has 0 aliphatic carbocycles. The van der Waals surface area contributed by atoms with Crippen LogP contribution in [0.3, 0.4) is 0 Å². The highest BCUT2D eigenvalue weighted by atomic mass is 35.5. The second-order valence-electron chi connectivity index (χ2n) is 2.50. The summed E-state index contributed by atoms with van der Waals surface area (Å²) in [6.45, 7) is 1.77. The topological polar surface area (TPSA) is 63.4 Å². The maximum absolute atomic E-state index is 10.4. The van der Waals surface area contributed by atoms with Gasteiger partial charge in [0, 0.05) is 16.7 Å². The zero-order valence-electron chi connectivity index (χ0n) is 6.95. The molecule has 4 nitrogen and oxygen atoms in total. The van der Waals surface area contributed by atoms with Gasteiger partial charge in [-0.2, -0.15) is 0 Å². The fraction of sp³-hybridized carbons (Fsp3) is 0.250. The number of aromatic hydroxyl groups is 1. The number of nitro benzene ring substituents is 1. The van der Waals surface area contributed by atoms with Crippen molar-refractivity contribution in [3.8, 4) is 5.75 Å². The first kappa shape index (κ1) is 9.80. The van der Waals surface area contributed by atoms with E-state index in [0.717, 1.165) is 0 Å². The molecule has 1 aromatic rings. The van der Waals surface area contributed by atoms with Crippen LogP contribution < -0.4 is 0 Å². The third kappa shape index (κ3) is 1.72. The Balaban J connectivity index is 3.35. The molecular formula is C8H8ClNO3. The lowest BCUT2D eigenvalue weighted by atomic mass is 10.1. The third-order valence-electron chi connectivity index (χ3n) is 1.75. The second-order valence-corrected chi connectivity index (χ2v) is 2.91. The summed E-state index contributed by atoms with van der Waals surface area (Å²) in [6.07, 6.45) is 0.465. The molecule has 0 atom stereocenters. The summed E-state index contributed by atoms with van der Waals surface area (Å²) in [5, 5.41) is 20.2. The number of phenolic OH excluding ortho intramolecular Hbond substituents is 1. The first-order valence-corrected chi connectivity index (χ1v) is 4.10. The highest BCUT2D eigenvalue weighted by Crippen LogP contribution is 2.34. The van der Waals surface area contributed by atoms with Crippen LogP contribution in [-0.4, -0.2) is 10.0 Å². The van der Waals surface area contributed by atoms with Gasteiger partial charge in [0.25, 0.3) is 0 Å². The highest BCUT2D eigenvalue weighted by molar-refractivity contribution is 6.31. The number of hydrogen-bond acceptors (Lipinski definition) is 3. The fourth-order valence-electron chi connectivity index (χ4n) is 1.08. The molecule has 0 aliphatic heterocycles. The molecule has 0 amide bonds. The minimum Gasteiger partial charge on any atom is -0.502 e. The van der Waals surface area contributed by atoms with E-state index in [4.69, 9.17) is 11.6 Å². The highest BCUT2D eigenvalue weighted by Gasteiger charge is 2.17. The number of hydrogen-bond donors (Lipinski definition) is 1. The lowest BCUT2D eigenvalue weighted by Crippen LogP contribution is -1.92. The fourth-order valence-corrected chi connectivity index (χ4v) is 1.37. The van der Waals surface area contributed by atoms with Crippen LogP contribution >= 0.6 is 11.6 Å². The van der Waals surface area contributed by atoms with Gasteiger partial charge in [-0.1, -0.05) is 18.5 Å². The Labute approximate surface area is 79.9 Å². The predicted octanol–water partition coefficient (Wildman–Crippen LogP) is 2.52. The van der Waals surface area contributed by atoms with E-state index in [2.05, 4.69) is 0 Å². The molecule has 0 radical (unpaired) electrons. The Morgan fingerprint density at radius 1 is 1.62 bits per heavy atom. The number of nitrogens with zero attached hydrogens (tertiary/aromatic N) is 1. The third-order valence-corrected chi connectivity index (χ3v) is 2.11. The van der Waals surface area contributed by atoms with Gasteiger partial charge in [-0.25, -0.2) is 0 Å². The molecule has 1 N–H and O–H groups in total. The summed E-state index contributed by atoms with van der Waals surface area (Å²) >= 11 is 5.72. The van der Waals surface area contributed by atoms with Crippen molar-refractivity contribution < 1.29 is 10.0 Å². The van der Waals surface area contributed by atoms with Crippen LogP contribution in [0, 0.1) is 10.1 Å². The number of rotatable bonds is 2. The first-order chi connectivity index (χ1) is 6.07. The Bertz CT molecular complexity index is 351. The molecule has 0 aliphatic rings. The van der Waals surface area contributed by atoms with E-state index in [1.807, 2.05) is 0 Å². The molecular weight excluding hydrogens is 194 g/mol. The molecule has 1 aromatic carbocycles. The van der Waals surface area contributed by atoms with Crippen LogP contribution in [0.4, 0.5) is 5.69 Å². The molecule has 70 valence electrons. The van der Waals surface area contributed by atoms with Crippen molar-refractivity contribution in [2.75, 3.05) is 0 Å². The number of halogens is 1. The molecule has 0 heterocycles. The summed E-state index contributed by atoms with van der Waals surface area (Å²) in [7, 11) is 0. The second kappa shape index (κ2) is 3.62. The zero-order valence-corrected chi connectivity index (χ0v) is 7.71. The number of benzene rings is 1. The Morgan fingerprint density at radius 2 is 2.23 bits per heavy atom. The molecule has 0 saturated carbocycles. The van der Waals surface area contributed by atoms with Crippen molar-refractivity contribution in [1.29, 1.82) is 0 Å². The smallest absolute Gasteiger partial charge is 0.311 e. The molecule has 0 aromatic heterocycles. The van der Waals surface area contributed by atoms with Crippen LogP contribution in [0.1, 0.15) is 12.5 Å². The molecule has 0 saturated heterocycles. The molecule has 13 heavy (non-hydrogen) atoms. The molecule has 0 fully saturated rings. The minimum atomic E-state index is -0.634. The van der Waals surface area contributed by atoms with Crippen molar-refractivity contribution in [1.82, 2.24) is 0 Å². The Kier molecular flexibility index (Phi) is 2.72. The summed E-state index contributed by atoms with van der Waals surface area (Å²) in [6, 6.07) is 2.61. The van der Waals surface area contributed by atoms with E-state index >= 15 is 0 Å². The maximum Gasteiger partial charge on any atom is 0.311 e. The van der Waals surface area contributed by atoms with Gasteiger partial charge >= 0.3 is 5.69 Å². The molecule has 0 spiro atoms. The van der Waals surface area contributed by atoms with Crippen LogP contribution in [0.25, 0.3) is 0 Å². The Morgan fingerprint density at radius 3 is 2.69 bits per heavy atom. The quantitative estimate of drug-likeness (QED) is 0.591. The van der Waals surface area contributed by atoms with E-state index in [1.165, 1.54) is 12.1 Å². The van der Waals surface area contributed by atoms with Gasteiger partial charge < -0.3 is 5.11 Å². The summed E-state index contributed by atoms with van der Waals surface area (Å²) < 4.78 is 0. The van der Waals surface area contributed by atoms with E-state index < -0.39 is 4.92 Å². The van der Waals surface area contributed by atoms with Crippen LogP contribution in [0.5, 0.6) is 5.75 Å². The van der Waals surface area contributed by atoms with Crippen molar-refractivity contribution in [3.05, 3.63) is 32.8 Å². The van der Waals surface area contributed by atoms with Crippen LogP contribution in [-0.2, 0) is 6.42 Å². The van der Waals surface area contributed by atoms with Crippen LogP contribution in [0.15, 0.2) is 12.1 Å². The zero-order chi connectivity index (χ0) is 10.0. The van der Waals surface area contributed by atoms with Crippen LogP contribution in [0.2, 0.25) is 5.02 Å². The van der Waals surface area contributed by atoms with Gasteiger partial charge in [-0.05, 0) is 12.5 Å². The molecule has 0 unspecified atom stereocenters. The molecule has 0 bridgehead atoms. The summed E-state index contributed by atoms with van der Waals surface area (Å²) in [5.74, 6) is -0.333. The molecule has 1 rings (SSSR count). The predicted molar refractivity (Wildman–Crippen MR) is 49.1 cm³/mol. The van der Waals surface area contributed by atoms with Crippen molar-refractivity contribution in [2.24, 2.45) is 0 Å².